The van der Waals surface area contributed by atoms with Crippen LogP contribution >= 0.6 is 0 Å². The van der Waals surface area contributed by atoms with Crippen LogP contribution in [0.15, 0.2) is 36.5 Å². The second-order valence-corrected chi connectivity index (χ2v) is 5.79. The maximum absolute atomic E-state index is 11.7. The fourth-order valence-electron chi connectivity index (χ4n) is 3.23. The number of carboxylic acids is 1. The minimum atomic E-state index is -0.837. The molecule has 0 saturated carbocycles. The molecule has 0 amide bonds. The van der Waals surface area contributed by atoms with Gasteiger partial charge in [-0.25, -0.2) is 4.68 Å². The van der Waals surface area contributed by atoms with Gasteiger partial charge in [-0.15, -0.1) is 5.10 Å². The normalized spacial score (nSPS) is 20.3. The van der Waals surface area contributed by atoms with E-state index in [2.05, 4.69) is 15.1 Å². The van der Waals surface area contributed by atoms with Crippen molar-refractivity contribution < 1.29 is 9.90 Å². The quantitative estimate of drug-likeness (QED) is 0.742. The highest BCUT2D eigenvalue weighted by Crippen LogP contribution is 2.34. The minimum absolute atomic E-state index is 0.182. The molecule has 2 aromatic heterocycles. The third-order valence-electron chi connectivity index (χ3n) is 4.38. The number of pyridine rings is 1. The third-order valence-corrected chi connectivity index (χ3v) is 4.38. The molecule has 7 heteroatoms. The Kier molecular flexibility index (Phi) is 3.00. The summed E-state index contributed by atoms with van der Waals surface area (Å²) in [6.07, 6.45) is 2.07. The van der Waals surface area contributed by atoms with Crippen molar-refractivity contribution in [3.05, 3.63) is 47.9 Å². The molecule has 2 unspecified atom stereocenters. The molecule has 1 aromatic carbocycles. The zero-order valence-corrected chi connectivity index (χ0v) is 12.3. The van der Waals surface area contributed by atoms with E-state index in [0.717, 1.165) is 16.5 Å². The molecular formula is C16H15N5O2. The smallest absolute Gasteiger partial charge is 0.307 e. The van der Waals surface area contributed by atoms with E-state index in [1.54, 1.807) is 10.9 Å². The van der Waals surface area contributed by atoms with Gasteiger partial charge < -0.3 is 10.8 Å². The Morgan fingerprint density at radius 3 is 3.00 bits per heavy atom. The predicted octanol–water partition coefficient (Wildman–Crippen LogP) is 1.45. The number of hydrogen-bond acceptors (Lipinski definition) is 5. The molecule has 3 heterocycles. The molecule has 0 radical (unpaired) electrons. The molecule has 2 atom stereocenters. The van der Waals surface area contributed by atoms with Crippen molar-refractivity contribution in [1.82, 2.24) is 19.7 Å². The molecule has 1 aliphatic rings. The lowest BCUT2D eigenvalue weighted by Gasteiger charge is -2.28. The van der Waals surface area contributed by atoms with Gasteiger partial charge in [-0.3, -0.25) is 9.78 Å². The number of anilines is 1. The standard InChI is InChI=1S/C16H15N5O2/c17-16-19-14-6-11(15(22)23)12(8-21(14)20-16)10-5-9-3-1-2-4-13(9)18-7-10/h1-5,7,11-12H,6,8H2,(H2,17,20)(H,22,23). The van der Waals surface area contributed by atoms with Crippen molar-refractivity contribution in [2.24, 2.45) is 5.92 Å². The first kappa shape index (κ1) is 13.7. The lowest BCUT2D eigenvalue weighted by atomic mass is 9.82. The van der Waals surface area contributed by atoms with Crippen LogP contribution in [0.3, 0.4) is 0 Å². The molecule has 0 spiro atoms. The van der Waals surface area contributed by atoms with E-state index >= 15 is 0 Å². The molecule has 4 rings (SSSR count). The van der Waals surface area contributed by atoms with Crippen molar-refractivity contribution in [3.63, 3.8) is 0 Å². The Morgan fingerprint density at radius 1 is 1.35 bits per heavy atom. The molecular weight excluding hydrogens is 294 g/mol. The monoisotopic (exact) mass is 309 g/mol. The maximum Gasteiger partial charge on any atom is 0.307 e. The number of nitrogens with zero attached hydrogens (tertiary/aromatic N) is 4. The number of nitrogens with two attached hydrogens (primary N) is 1. The zero-order chi connectivity index (χ0) is 16.0. The Labute approximate surface area is 131 Å². The largest absolute Gasteiger partial charge is 0.481 e. The number of rotatable bonds is 2. The summed E-state index contributed by atoms with van der Waals surface area (Å²) in [5.74, 6) is -0.801. The number of nitrogen functional groups attached to an aromatic ring is 1. The molecule has 7 nitrogen and oxygen atoms in total. The molecule has 3 N–H and O–H groups in total. The van der Waals surface area contributed by atoms with Crippen LogP contribution in [0.2, 0.25) is 0 Å². The molecule has 0 saturated heterocycles. The summed E-state index contributed by atoms with van der Waals surface area (Å²) in [5, 5.41) is 14.8. The average Bonchev–Trinajstić information content (AvgIpc) is 2.92. The van der Waals surface area contributed by atoms with Crippen molar-refractivity contribution >= 4 is 22.8 Å². The Morgan fingerprint density at radius 2 is 2.17 bits per heavy atom. The summed E-state index contributed by atoms with van der Waals surface area (Å²) in [5.41, 5.74) is 7.43. The highest BCUT2D eigenvalue weighted by molar-refractivity contribution is 5.79. The Hall–Kier alpha value is -2.96. The van der Waals surface area contributed by atoms with Crippen molar-refractivity contribution in [3.8, 4) is 0 Å². The number of para-hydroxylation sites is 1. The summed E-state index contributed by atoms with van der Waals surface area (Å²) >= 11 is 0. The van der Waals surface area contributed by atoms with Gasteiger partial charge in [0.05, 0.1) is 18.0 Å². The fourth-order valence-corrected chi connectivity index (χ4v) is 3.23. The molecule has 0 fully saturated rings. The first-order chi connectivity index (χ1) is 11.1. The summed E-state index contributed by atoms with van der Waals surface area (Å²) in [7, 11) is 0. The van der Waals surface area contributed by atoms with Gasteiger partial charge in [0.25, 0.3) is 0 Å². The summed E-state index contributed by atoms with van der Waals surface area (Å²) in [6.45, 7) is 0.441. The molecule has 0 bridgehead atoms. The lowest BCUT2D eigenvalue weighted by Crippen LogP contribution is -2.33. The summed E-state index contributed by atoms with van der Waals surface area (Å²) in [4.78, 5) is 20.3. The lowest BCUT2D eigenvalue weighted by molar-refractivity contribution is -0.143. The number of carbonyl (C=O) groups is 1. The van der Waals surface area contributed by atoms with Crippen LogP contribution < -0.4 is 5.73 Å². The average molecular weight is 309 g/mol. The molecule has 3 aromatic rings. The summed E-state index contributed by atoms with van der Waals surface area (Å²) in [6, 6.07) is 9.79. The third kappa shape index (κ3) is 2.30. The number of benzene rings is 1. The van der Waals surface area contributed by atoms with Gasteiger partial charge >= 0.3 is 5.97 Å². The first-order valence-corrected chi connectivity index (χ1v) is 7.38. The molecule has 116 valence electrons. The molecule has 0 aliphatic carbocycles. The van der Waals surface area contributed by atoms with E-state index in [-0.39, 0.29) is 11.9 Å². The number of fused-ring (bicyclic) bond motifs is 2. The maximum atomic E-state index is 11.7. The predicted molar refractivity (Wildman–Crippen MR) is 83.7 cm³/mol. The van der Waals surface area contributed by atoms with Gasteiger partial charge in [-0.2, -0.15) is 4.98 Å². The Bertz CT molecular complexity index is 904. The van der Waals surface area contributed by atoms with E-state index in [9.17, 15) is 9.90 Å². The van der Waals surface area contributed by atoms with E-state index in [1.807, 2.05) is 30.3 Å². The Balaban J connectivity index is 1.79. The van der Waals surface area contributed by atoms with Crippen LogP contribution in [0.25, 0.3) is 10.9 Å². The van der Waals surface area contributed by atoms with Gasteiger partial charge in [0.1, 0.15) is 5.82 Å². The second-order valence-electron chi connectivity index (χ2n) is 5.79. The van der Waals surface area contributed by atoms with Gasteiger partial charge in [0, 0.05) is 23.9 Å². The van der Waals surface area contributed by atoms with Gasteiger partial charge in [0.15, 0.2) is 0 Å². The van der Waals surface area contributed by atoms with Gasteiger partial charge in [-0.05, 0) is 17.7 Å². The van der Waals surface area contributed by atoms with Crippen LogP contribution in [-0.2, 0) is 17.8 Å². The highest BCUT2D eigenvalue weighted by atomic mass is 16.4. The molecule has 23 heavy (non-hydrogen) atoms. The van der Waals surface area contributed by atoms with Gasteiger partial charge in [0.2, 0.25) is 5.95 Å². The van der Waals surface area contributed by atoms with E-state index in [1.165, 1.54) is 0 Å². The van der Waals surface area contributed by atoms with Crippen LogP contribution in [-0.4, -0.2) is 30.8 Å². The number of carboxylic acid groups (broad SMARTS) is 1. The van der Waals surface area contributed by atoms with E-state index in [0.29, 0.717) is 18.8 Å². The van der Waals surface area contributed by atoms with E-state index in [4.69, 9.17) is 5.73 Å². The van der Waals surface area contributed by atoms with Crippen molar-refractivity contribution in [1.29, 1.82) is 0 Å². The van der Waals surface area contributed by atoms with Gasteiger partial charge in [-0.1, -0.05) is 18.2 Å². The zero-order valence-electron chi connectivity index (χ0n) is 12.3. The van der Waals surface area contributed by atoms with Crippen LogP contribution in [0.1, 0.15) is 17.3 Å². The van der Waals surface area contributed by atoms with Crippen molar-refractivity contribution in [2.75, 3.05) is 5.73 Å². The SMILES string of the molecule is Nc1nc2n(n1)CC(c1cnc3ccccc3c1)C(C(=O)O)C2. The van der Waals surface area contributed by atoms with E-state index < -0.39 is 11.9 Å². The van der Waals surface area contributed by atoms with Crippen molar-refractivity contribution in [2.45, 2.75) is 18.9 Å². The first-order valence-electron chi connectivity index (χ1n) is 7.38. The summed E-state index contributed by atoms with van der Waals surface area (Å²) < 4.78 is 1.70. The highest BCUT2D eigenvalue weighted by Gasteiger charge is 2.36. The molecule has 1 aliphatic heterocycles. The van der Waals surface area contributed by atoms with Crippen LogP contribution in [0, 0.1) is 5.92 Å². The topological polar surface area (TPSA) is 107 Å². The number of aliphatic carboxylic acids is 1. The fraction of sp³-hybridized carbons (Fsp3) is 0.250. The minimum Gasteiger partial charge on any atom is -0.481 e. The number of aromatic nitrogens is 4. The van der Waals surface area contributed by atoms with Crippen LogP contribution in [0.5, 0.6) is 0 Å². The number of hydrogen-bond donors (Lipinski definition) is 2. The van der Waals surface area contributed by atoms with Crippen LogP contribution in [0.4, 0.5) is 5.95 Å². The second kappa shape index (κ2) is 5.05.